The van der Waals surface area contributed by atoms with Gasteiger partial charge in [0.1, 0.15) is 5.82 Å². The molecule has 0 heterocycles. The summed E-state index contributed by atoms with van der Waals surface area (Å²) in [5.74, 6) is -0.298. The molecule has 1 atom stereocenters. The van der Waals surface area contributed by atoms with Crippen molar-refractivity contribution in [3.05, 3.63) is 53.3 Å². The highest BCUT2D eigenvalue weighted by Gasteiger charge is 2.16. The quantitative estimate of drug-likeness (QED) is 0.712. The molecule has 4 heteroatoms. The van der Waals surface area contributed by atoms with E-state index in [1.807, 2.05) is 6.92 Å². The first kappa shape index (κ1) is 12.2. The molecule has 18 heavy (non-hydrogen) atoms. The fourth-order valence-corrected chi connectivity index (χ4v) is 2.07. The maximum Gasteiger partial charge on any atom is 0.123 e. The summed E-state index contributed by atoms with van der Waals surface area (Å²) in [7, 11) is 0. The molecule has 94 valence electrons. The molecular weight excluding hydrogens is 229 g/mol. The Labute approximate surface area is 105 Å². The first-order chi connectivity index (χ1) is 8.50. The van der Waals surface area contributed by atoms with Crippen LogP contribution in [0.3, 0.4) is 0 Å². The molecule has 1 unspecified atom stereocenters. The average Bonchev–Trinajstić information content (AvgIpc) is 2.35. The highest BCUT2D eigenvalue weighted by atomic mass is 19.1. The van der Waals surface area contributed by atoms with E-state index >= 15 is 0 Å². The van der Waals surface area contributed by atoms with Crippen molar-refractivity contribution in [1.29, 1.82) is 0 Å². The number of nitrogen functional groups attached to an aromatic ring is 3. The summed E-state index contributed by atoms with van der Waals surface area (Å²) in [6.07, 6.45) is 0. The van der Waals surface area contributed by atoms with Crippen LogP contribution in [0.4, 0.5) is 21.5 Å². The molecule has 0 aromatic heterocycles. The highest BCUT2D eigenvalue weighted by Crippen LogP contribution is 2.36. The summed E-state index contributed by atoms with van der Waals surface area (Å²) in [6, 6.07) is 9.71. The lowest BCUT2D eigenvalue weighted by Gasteiger charge is -2.18. The standard InChI is InChI=1S/C14H16FN3/c1-8(9-2-4-10(15)5-3-9)13-11(16)6-7-12(17)14(13)18/h2-8H,16-18H2,1H3. The van der Waals surface area contributed by atoms with Crippen molar-refractivity contribution in [3.8, 4) is 0 Å². The molecule has 0 saturated heterocycles. The predicted molar refractivity (Wildman–Crippen MR) is 73.6 cm³/mol. The molecule has 3 nitrogen and oxygen atoms in total. The van der Waals surface area contributed by atoms with Crippen molar-refractivity contribution in [2.75, 3.05) is 17.2 Å². The van der Waals surface area contributed by atoms with Crippen molar-refractivity contribution in [1.82, 2.24) is 0 Å². The molecule has 0 saturated carbocycles. The van der Waals surface area contributed by atoms with Crippen molar-refractivity contribution in [3.63, 3.8) is 0 Å². The van der Waals surface area contributed by atoms with Crippen LogP contribution >= 0.6 is 0 Å². The van der Waals surface area contributed by atoms with E-state index in [9.17, 15) is 4.39 Å². The molecule has 0 amide bonds. The Hall–Kier alpha value is -2.23. The predicted octanol–water partition coefficient (Wildman–Crippen LogP) is 2.72. The van der Waals surface area contributed by atoms with Crippen molar-refractivity contribution >= 4 is 17.1 Å². The molecule has 0 fully saturated rings. The average molecular weight is 245 g/mol. The molecule has 0 spiro atoms. The van der Waals surface area contributed by atoms with Gasteiger partial charge in [-0.3, -0.25) is 0 Å². The Bertz CT molecular complexity index is 564. The number of anilines is 3. The van der Waals surface area contributed by atoms with Gasteiger partial charge in [-0.05, 0) is 29.8 Å². The first-order valence-corrected chi connectivity index (χ1v) is 5.69. The van der Waals surface area contributed by atoms with Crippen molar-refractivity contribution < 1.29 is 4.39 Å². The Morgan fingerprint density at radius 1 is 0.889 bits per heavy atom. The molecule has 0 radical (unpaired) electrons. The second kappa shape index (κ2) is 4.56. The summed E-state index contributed by atoms with van der Waals surface area (Å²) in [6.45, 7) is 1.97. The molecule has 6 N–H and O–H groups in total. The van der Waals surface area contributed by atoms with E-state index in [-0.39, 0.29) is 11.7 Å². The Morgan fingerprint density at radius 2 is 1.44 bits per heavy atom. The van der Waals surface area contributed by atoms with Crippen molar-refractivity contribution in [2.24, 2.45) is 0 Å². The second-order valence-corrected chi connectivity index (χ2v) is 4.34. The zero-order valence-corrected chi connectivity index (χ0v) is 10.2. The fourth-order valence-electron chi connectivity index (χ4n) is 2.07. The van der Waals surface area contributed by atoms with Gasteiger partial charge < -0.3 is 17.2 Å². The third-order valence-electron chi connectivity index (χ3n) is 3.16. The zero-order valence-electron chi connectivity index (χ0n) is 10.2. The van der Waals surface area contributed by atoms with E-state index in [0.717, 1.165) is 11.1 Å². The molecule has 0 aliphatic rings. The first-order valence-electron chi connectivity index (χ1n) is 5.69. The van der Waals surface area contributed by atoms with Gasteiger partial charge in [-0.15, -0.1) is 0 Å². The van der Waals surface area contributed by atoms with Crippen LogP contribution in [0.1, 0.15) is 24.0 Å². The van der Waals surface area contributed by atoms with E-state index in [4.69, 9.17) is 17.2 Å². The number of hydrogen-bond donors (Lipinski definition) is 3. The van der Waals surface area contributed by atoms with Gasteiger partial charge in [-0.25, -0.2) is 4.39 Å². The van der Waals surface area contributed by atoms with Crippen LogP contribution in [0.25, 0.3) is 0 Å². The maximum absolute atomic E-state index is 12.9. The van der Waals surface area contributed by atoms with Crippen LogP contribution in [0.5, 0.6) is 0 Å². The maximum atomic E-state index is 12.9. The van der Waals surface area contributed by atoms with Gasteiger partial charge >= 0.3 is 0 Å². The molecule has 0 aliphatic carbocycles. The van der Waals surface area contributed by atoms with Gasteiger partial charge in [-0.1, -0.05) is 19.1 Å². The normalized spacial score (nSPS) is 12.3. The molecular formula is C14H16FN3. The Kier molecular flexibility index (Phi) is 3.10. The van der Waals surface area contributed by atoms with Gasteiger partial charge in [0, 0.05) is 17.2 Å². The van der Waals surface area contributed by atoms with Crippen LogP contribution in [0.15, 0.2) is 36.4 Å². The number of nitrogens with two attached hydrogens (primary N) is 3. The minimum absolute atomic E-state index is 0.0332. The Balaban J connectivity index is 2.49. The van der Waals surface area contributed by atoms with Gasteiger partial charge in [0.15, 0.2) is 0 Å². The molecule has 2 aromatic rings. The number of halogens is 1. The molecule has 2 aromatic carbocycles. The summed E-state index contributed by atoms with van der Waals surface area (Å²) >= 11 is 0. The summed E-state index contributed by atoms with van der Waals surface area (Å²) in [5, 5.41) is 0. The lowest BCUT2D eigenvalue weighted by Crippen LogP contribution is -2.08. The SMILES string of the molecule is CC(c1ccc(F)cc1)c1c(N)ccc(N)c1N. The van der Waals surface area contributed by atoms with Gasteiger partial charge in [0.05, 0.1) is 11.4 Å². The summed E-state index contributed by atoms with van der Waals surface area (Å²) < 4.78 is 12.9. The number of hydrogen-bond acceptors (Lipinski definition) is 3. The summed E-state index contributed by atoms with van der Waals surface area (Å²) in [4.78, 5) is 0. The van der Waals surface area contributed by atoms with Gasteiger partial charge in [0.2, 0.25) is 0 Å². The zero-order chi connectivity index (χ0) is 13.3. The van der Waals surface area contributed by atoms with E-state index in [1.54, 1.807) is 24.3 Å². The minimum Gasteiger partial charge on any atom is -0.398 e. The second-order valence-electron chi connectivity index (χ2n) is 4.34. The minimum atomic E-state index is -0.264. The van der Waals surface area contributed by atoms with Crippen LogP contribution in [-0.4, -0.2) is 0 Å². The third-order valence-corrected chi connectivity index (χ3v) is 3.16. The lowest BCUT2D eigenvalue weighted by atomic mass is 9.90. The van der Waals surface area contributed by atoms with E-state index in [1.165, 1.54) is 12.1 Å². The van der Waals surface area contributed by atoms with Crippen LogP contribution in [-0.2, 0) is 0 Å². The lowest BCUT2D eigenvalue weighted by molar-refractivity contribution is 0.626. The van der Waals surface area contributed by atoms with E-state index in [0.29, 0.717) is 17.1 Å². The summed E-state index contributed by atoms with van der Waals surface area (Å²) in [5.41, 5.74) is 21.0. The van der Waals surface area contributed by atoms with Crippen LogP contribution in [0.2, 0.25) is 0 Å². The number of rotatable bonds is 2. The number of benzene rings is 2. The topological polar surface area (TPSA) is 78.1 Å². The van der Waals surface area contributed by atoms with E-state index < -0.39 is 0 Å². The largest absolute Gasteiger partial charge is 0.398 e. The molecule has 0 bridgehead atoms. The van der Waals surface area contributed by atoms with Gasteiger partial charge in [-0.2, -0.15) is 0 Å². The monoisotopic (exact) mass is 245 g/mol. The van der Waals surface area contributed by atoms with Crippen LogP contribution < -0.4 is 17.2 Å². The fraction of sp³-hybridized carbons (Fsp3) is 0.143. The molecule has 0 aliphatic heterocycles. The Morgan fingerprint density at radius 3 is 2.06 bits per heavy atom. The highest BCUT2D eigenvalue weighted by molar-refractivity contribution is 5.76. The van der Waals surface area contributed by atoms with Crippen LogP contribution in [0, 0.1) is 5.82 Å². The third kappa shape index (κ3) is 2.09. The smallest absolute Gasteiger partial charge is 0.123 e. The molecule has 2 rings (SSSR count). The van der Waals surface area contributed by atoms with Crippen molar-refractivity contribution in [2.45, 2.75) is 12.8 Å². The van der Waals surface area contributed by atoms with Gasteiger partial charge in [0.25, 0.3) is 0 Å². The van der Waals surface area contributed by atoms with E-state index in [2.05, 4.69) is 0 Å².